The van der Waals surface area contributed by atoms with E-state index in [1.165, 1.54) is 18.3 Å². The molecule has 0 spiro atoms. The number of ether oxygens (including phenoxy) is 1. The molecule has 2 saturated heterocycles. The summed E-state index contributed by atoms with van der Waals surface area (Å²) in [4.78, 5) is 58.9. The molecule has 0 bridgehead atoms. The summed E-state index contributed by atoms with van der Waals surface area (Å²) in [7, 11) is 1.29. The second kappa shape index (κ2) is 15.7. The lowest BCUT2D eigenvalue weighted by atomic mass is 9.96. The Labute approximate surface area is 312 Å². The number of aromatic nitrogens is 4. The highest BCUT2D eigenvalue weighted by atomic mass is 16.5. The number of carbonyl (C=O) groups excluding carboxylic acids is 3. The van der Waals surface area contributed by atoms with E-state index in [1.54, 1.807) is 11.1 Å². The summed E-state index contributed by atoms with van der Waals surface area (Å²) in [6.45, 7) is 15.5. The van der Waals surface area contributed by atoms with Crippen molar-refractivity contribution < 1.29 is 19.1 Å². The lowest BCUT2D eigenvalue weighted by molar-refractivity contribution is -0.137. The smallest absolute Gasteiger partial charge is 0.407 e. The van der Waals surface area contributed by atoms with E-state index < -0.39 is 12.1 Å². The van der Waals surface area contributed by atoms with Crippen LogP contribution in [0.1, 0.15) is 103 Å². The molecule has 2 aliphatic rings. The van der Waals surface area contributed by atoms with Crippen molar-refractivity contribution in [2.45, 2.75) is 85.9 Å². The van der Waals surface area contributed by atoms with E-state index in [4.69, 9.17) is 9.72 Å². The molecule has 4 atom stereocenters. The average Bonchev–Trinajstić information content (AvgIpc) is 3.97. The summed E-state index contributed by atoms with van der Waals surface area (Å²) in [5.74, 6) is 8.09. The molecule has 3 amide bonds. The Bertz CT molecular complexity index is 2090. The van der Waals surface area contributed by atoms with E-state index in [1.807, 2.05) is 37.9 Å². The molecule has 3 N–H and O–H groups in total. The molecule has 4 heterocycles. The van der Waals surface area contributed by atoms with Gasteiger partial charge in [0.15, 0.2) is 0 Å². The van der Waals surface area contributed by atoms with Crippen LogP contribution in [-0.4, -0.2) is 73.9 Å². The fourth-order valence-electron chi connectivity index (χ4n) is 7.15. The number of aromatic amines is 2. The summed E-state index contributed by atoms with van der Waals surface area (Å²) in [5.41, 5.74) is 6.03. The van der Waals surface area contributed by atoms with Crippen molar-refractivity contribution in [2.24, 2.45) is 17.8 Å². The van der Waals surface area contributed by atoms with Crippen LogP contribution in [0, 0.1) is 29.6 Å². The van der Waals surface area contributed by atoms with Crippen LogP contribution in [0.4, 0.5) is 4.79 Å². The van der Waals surface area contributed by atoms with E-state index in [0.717, 1.165) is 52.7 Å². The SMILES string of the molecule is COC(=O)N[C@H](C(=O)N1CCC[C@H]1c1ncc(C#Cc2ccc3cc(-c4cnc([C@@H]5CC(=C(C)C)CN5C(=O)[C@@H](C)C(C)C)[nH]4)ccc3c2)[nH]1)C(C)C. The topological polar surface area (TPSA) is 136 Å². The second-order valence-corrected chi connectivity index (χ2v) is 15.3. The van der Waals surface area contributed by atoms with E-state index in [9.17, 15) is 14.4 Å². The summed E-state index contributed by atoms with van der Waals surface area (Å²) >= 11 is 0. The van der Waals surface area contributed by atoms with Gasteiger partial charge in [0, 0.05) is 30.1 Å². The van der Waals surface area contributed by atoms with E-state index in [-0.39, 0.29) is 41.7 Å². The number of carbonyl (C=O) groups is 3. The average molecular weight is 718 g/mol. The molecule has 0 saturated carbocycles. The highest BCUT2D eigenvalue weighted by molar-refractivity contribution is 5.88. The van der Waals surface area contributed by atoms with Crippen molar-refractivity contribution in [3.05, 3.63) is 82.8 Å². The summed E-state index contributed by atoms with van der Waals surface area (Å²) in [5, 5.41) is 4.83. The van der Waals surface area contributed by atoms with Crippen molar-refractivity contribution in [1.29, 1.82) is 0 Å². The lowest BCUT2D eigenvalue weighted by Gasteiger charge is -2.29. The van der Waals surface area contributed by atoms with Gasteiger partial charge in [-0.15, -0.1) is 0 Å². The van der Waals surface area contributed by atoms with Gasteiger partial charge >= 0.3 is 6.09 Å². The highest BCUT2D eigenvalue weighted by Crippen LogP contribution is 2.38. The molecule has 4 aromatic rings. The van der Waals surface area contributed by atoms with Crippen LogP contribution < -0.4 is 5.32 Å². The summed E-state index contributed by atoms with van der Waals surface area (Å²) < 4.78 is 4.74. The first-order chi connectivity index (χ1) is 25.3. The molecule has 2 fully saturated rings. The lowest BCUT2D eigenvalue weighted by Crippen LogP contribution is -2.51. The van der Waals surface area contributed by atoms with Crippen LogP contribution in [-0.2, 0) is 14.3 Å². The van der Waals surface area contributed by atoms with Gasteiger partial charge in [-0.05, 0) is 85.4 Å². The molecule has 53 heavy (non-hydrogen) atoms. The van der Waals surface area contributed by atoms with E-state index >= 15 is 0 Å². The van der Waals surface area contributed by atoms with E-state index in [2.05, 4.69) is 90.1 Å². The predicted octanol–water partition coefficient (Wildman–Crippen LogP) is 7.30. The molecule has 11 nitrogen and oxygen atoms in total. The minimum absolute atomic E-state index is 0.0579. The maximum atomic E-state index is 13.5. The molecule has 2 aromatic heterocycles. The number of hydrogen-bond acceptors (Lipinski definition) is 6. The third kappa shape index (κ3) is 8.02. The fourth-order valence-corrected chi connectivity index (χ4v) is 7.15. The van der Waals surface area contributed by atoms with Crippen LogP contribution in [0.5, 0.6) is 0 Å². The van der Waals surface area contributed by atoms with Crippen LogP contribution in [0.2, 0.25) is 0 Å². The fraction of sp³-hybridized carbons (Fsp3) is 0.452. The van der Waals surface area contributed by atoms with Crippen LogP contribution >= 0.6 is 0 Å². The number of allylic oxidation sites excluding steroid dienone is 1. The number of benzene rings is 2. The van der Waals surface area contributed by atoms with Gasteiger partial charge in [0.25, 0.3) is 0 Å². The van der Waals surface area contributed by atoms with Crippen LogP contribution in [0.3, 0.4) is 0 Å². The largest absolute Gasteiger partial charge is 0.453 e. The van der Waals surface area contributed by atoms with Gasteiger partial charge in [-0.2, -0.15) is 0 Å². The Morgan fingerprint density at radius 1 is 0.868 bits per heavy atom. The van der Waals surface area contributed by atoms with Crippen molar-refractivity contribution in [1.82, 2.24) is 35.1 Å². The van der Waals surface area contributed by atoms with Gasteiger partial charge in [-0.3, -0.25) is 9.59 Å². The number of rotatable bonds is 8. The maximum absolute atomic E-state index is 13.5. The number of imidazole rings is 2. The number of nitrogens with zero attached hydrogens (tertiary/aromatic N) is 4. The third-order valence-corrected chi connectivity index (χ3v) is 10.8. The van der Waals surface area contributed by atoms with Crippen molar-refractivity contribution in [3.63, 3.8) is 0 Å². The van der Waals surface area contributed by atoms with Crippen molar-refractivity contribution in [3.8, 4) is 23.1 Å². The number of alkyl carbamates (subject to hydrolysis) is 1. The molecule has 0 aliphatic carbocycles. The zero-order valence-corrected chi connectivity index (χ0v) is 32.0. The molecule has 6 rings (SSSR count). The number of hydrogen-bond donors (Lipinski definition) is 3. The zero-order valence-electron chi connectivity index (χ0n) is 32.0. The predicted molar refractivity (Wildman–Crippen MR) is 205 cm³/mol. The van der Waals surface area contributed by atoms with Gasteiger partial charge in [0.05, 0.1) is 37.3 Å². The number of likely N-dealkylation sites (tertiary alicyclic amines) is 2. The Kier molecular flexibility index (Phi) is 11.1. The Balaban J connectivity index is 1.16. The molecule has 278 valence electrons. The second-order valence-electron chi connectivity index (χ2n) is 15.3. The van der Waals surface area contributed by atoms with Gasteiger partial charge < -0.3 is 29.8 Å². The molecular weight excluding hydrogens is 667 g/mol. The van der Waals surface area contributed by atoms with Crippen molar-refractivity contribution in [2.75, 3.05) is 20.2 Å². The number of amides is 3. The summed E-state index contributed by atoms with van der Waals surface area (Å²) in [6, 6.07) is 11.4. The quantitative estimate of drug-likeness (QED) is 0.129. The van der Waals surface area contributed by atoms with E-state index in [0.29, 0.717) is 24.6 Å². The summed E-state index contributed by atoms with van der Waals surface area (Å²) in [6.07, 6.45) is 5.35. The minimum atomic E-state index is -0.687. The van der Waals surface area contributed by atoms with Crippen molar-refractivity contribution >= 4 is 28.7 Å². The number of fused-ring (bicyclic) bond motifs is 1. The number of methoxy groups -OCH3 is 1. The number of nitrogens with one attached hydrogen (secondary N) is 3. The standard InChI is InChI=1S/C42H51N7O4/c1-24(2)27(7)40(50)49-23-32(25(3)4)20-36(49)39-44-22-34(46-39)31-15-14-29-18-28(11-13-30(29)19-31)12-16-33-21-43-38(45-33)35-10-9-17-48(35)41(51)37(26(5)6)47-42(52)53-8/h11,13-15,18-19,21-22,24,26-27,35-37H,9-10,17,20,23H2,1-8H3,(H,43,45)(H,44,46)(H,47,52)/t27-,35-,36-,37-/m0/s1. The normalized spacial score (nSPS) is 18.3. The monoisotopic (exact) mass is 717 g/mol. The molecule has 2 aliphatic heterocycles. The third-order valence-electron chi connectivity index (χ3n) is 10.8. The molecule has 0 unspecified atom stereocenters. The minimum Gasteiger partial charge on any atom is -0.453 e. The zero-order chi connectivity index (χ0) is 38.0. The Hall–Kier alpha value is -5.37. The van der Waals surface area contributed by atoms with Gasteiger partial charge in [0.2, 0.25) is 11.8 Å². The molecule has 11 heteroatoms. The maximum Gasteiger partial charge on any atom is 0.407 e. The first kappa shape index (κ1) is 37.4. The molecular formula is C42H51N7O4. The Morgan fingerprint density at radius 3 is 2.30 bits per heavy atom. The molecule has 2 aromatic carbocycles. The van der Waals surface area contributed by atoms with Gasteiger partial charge in [0.1, 0.15) is 23.4 Å². The Morgan fingerprint density at radius 2 is 1.58 bits per heavy atom. The van der Waals surface area contributed by atoms with Gasteiger partial charge in [-0.1, -0.05) is 64.3 Å². The molecule has 0 radical (unpaired) electrons. The van der Waals surface area contributed by atoms with Crippen LogP contribution in [0.25, 0.3) is 22.0 Å². The number of H-pyrrole nitrogens is 2. The van der Waals surface area contributed by atoms with Gasteiger partial charge in [-0.25, -0.2) is 14.8 Å². The van der Waals surface area contributed by atoms with Crippen LogP contribution in [0.15, 0.2) is 59.9 Å². The highest BCUT2D eigenvalue weighted by Gasteiger charge is 2.39. The first-order valence-corrected chi connectivity index (χ1v) is 18.6. The first-order valence-electron chi connectivity index (χ1n) is 18.6.